The van der Waals surface area contributed by atoms with Gasteiger partial charge in [-0.2, -0.15) is 4.31 Å². The van der Waals surface area contributed by atoms with Crippen molar-refractivity contribution in [3.8, 4) is 5.88 Å². The molecule has 0 radical (unpaired) electrons. The molecule has 12 heteroatoms. The van der Waals surface area contributed by atoms with Crippen LogP contribution < -0.4 is 10.1 Å². The highest BCUT2D eigenvalue weighted by Gasteiger charge is 2.36. The molecule has 47 heavy (non-hydrogen) atoms. The molecule has 3 aromatic heterocycles. The van der Waals surface area contributed by atoms with Crippen LogP contribution in [0.25, 0.3) is 11.0 Å². The lowest BCUT2D eigenvalue weighted by molar-refractivity contribution is -0.119. The third-order valence-corrected chi connectivity index (χ3v) is 11.0. The van der Waals surface area contributed by atoms with E-state index in [0.717, 1.165) is 38.9 Å². The molecule has 0 saturated carbocycles. The Morgan fingerprint density at radius 2 is 1.91 bits per heavy atom. The summed E-state index contributed by atoms with van der Waals surface area (Å²) in [6.07, 6.45) is 5.30. The lowest BCUT2D eigenvalue weighted by Gasteiger charge is -2.41. The van der Waals surface area contributed by atoms with E-state index in [4.69, 9.17) is 4.74 Å². The Bertz CT molecular complexity index is 1900. The average Bonchev–Trinajstić information content (AvgIpc) is 3.46. The number of carbonyl (C=O) groups is 1. The van der Waals surface area contributed by atoms with Crippen molar-refractivity contribution in [1.82, 2.24) is 29.3 Å². The van der Waals surface area contributed by atoms with Gasteiger partial charge in [-0.05, 0) is 85.3 Å². The smallest absolute Gasteiger partial charge is 0.239 e. The highest BCUT2D eigenvalue weighted by molar-refractivity contribution is 8.22. The highest BCUT2D eigenvalue weighted by Crippen LogP contribution is 2.57. The highest BCUT2D eigenvalue weighted by atomic mass is 32.3. The van der Waals surface area contributed by atoms with E-state index in [0.29, 0.717) is 25.2 Å². The number of aryl methyl sites for hydroxylation is 3. The second-order valence-corrected chi connectivity index (χ2v) is 14.0. The maximum Gasteiger partial charge on any atom is 0.239 e. The summed E-state index contributed by atoms with van der Waals surface area (Å²) < 4.78 is 32.9. The molecular formula is C35H41N7O4S. The van der Waals surface area contributed by atoms with Crippen molar-refractivity contribution in [2.75, 3.05) is 11.9 Å². The van der Waals surface area contributed by atoms with Gasteiger partial charge in [-0.15, -0.1) is 15.9 Å². The Labute approximate surface area is 276 Å². The molecule has 246 valence electrons. The zero-order valence-corrected chi connectivity index (χ0v) is 28.1. The van der Waals surface area contributed by atoms with Crippen molar-refractivity contribution in [2.45, 2.75) is 71.0 Å². The molecule has 0 spiro atoms. The molecule has 6 rings (SSSR count). The molecule has 2 aromatic carbocycles. The fourth-order valence-corrected chi connectivity index (χ4v) is 7.85. The number of aromatic nitrogens is 5. The molecule has 3 atom stereocenters. The second-order valence-electron chi connectivity index (χ2n) is 12.0. The maximum atomic E-state index is 13.8. The van der Waals surface area contributed by atoms with Gasteiger partial charge in [0.25, 0.3) is 0 Å². The van der Waals surface area contributed by atoms with Crippen LogP contribution in [0.15, 0.2) is 78.1 Å². The van der Waals surface area contributed by atoms with E-state index in [1.807, 2.05) is 57.5 Å². The van der Waals surface area contributed by atoms with Crippen LogP contribution in [0.2, 0.25) is 0 Å². The van der Waals surface area contributed by atoms with Crippen molar-refractivity contribution in [3.63, 3.8) is 0 Å². The number of fused-ring (bicyclic) bond motifs is 2. The number of ether oxygens (including phenoxy) is 1. The minimum Gasteiger partial charge on any atom is -0.472 e. The summed E-state index contributed by atoms with van der Waals surface area (Å²) >= 11 is 0. The summed E-state index contributed by atoms with van der Waals surface area (Å²) in [6, 6.07) is 17.2. The van der Waals surface area contributed by atoms with E-state index in [-0.39, 0.29) is 35.2 Å². The van der Waals surface area contributed by atoms with Crippen LogP contribution in [0.4, 0.5) is 5.69 Å². The SMILES string of the molecule is CCC1CN(Cc2cc([C@@H](c3ccc4c(nnn4CC)c3C)[C@@H](C)C(=O)Nc3cccnc3)ccc2C)S(O)(O)c2cccnc2O1. The normalized spacial score (nSPS) is 18.1. The first-order chi connectivity index (χ1) is 22.6. The largest absolute Gasteiger partial charge is 0.472 e. The summed E-state index contributed by atoms with van der Waals surface area (Å²) in [6.45, 7) is 11.3. The van der Waals surface area contributed by atoms with Crippen LogP contribution in [-0.2, 0) is 17.9 Å². The van der Waals surface area contributed by atoms with Crippen LogP contribution in [0, 0.1) is 19.8 Å². The van der Waals surface area contributed by atoms with E-state index < -0.39 is 16.7 Å². The van der Waals surface area contributed by atoms with E-state index in [9.17, 15) is 13.9 Å². The molecule has 5 aromatic rings. The summed E-state index contributed by atoms with van der Waals surface area (Å²) in [7, 11) is -3.40. The molecular weight excluding hydrogens is 614 g/mol. The predicted octanol–water partition coefficient (Wildman–Crippen LogP) is 6.96. The molecule has 1 amide bonds. The van der Waals surface area contributed by atoms with Gasteiger partial charge in [0.2, 0.25) is 11.8 Å². The maximum absolute atomic E-state index is 13.8. The van der Waals surface area contributed by atoms with Gasteiger partial charge in [0, 0.05) is 37.3 Å². The molecule has 3 N–H and O–H groups in total. The van der Waals surface area contributed by atoms with Gasteiger partial charge in [-0.1, -0.05) is 43.3 Å². The Hall–Kier alpha value is -4.36. The van der Waals surface area contributed by atoms with Gasteiger partial charge in [0.1, 0.15) is 16.5 Å². The van der Waals surface area contributed by atoms with E-state index in [1.165, 1.54) is 0 Å². The molecule has 1 aliphatic rings. The zero-order valence-electron chi connectivity index (χ0n) is 27.3. The van der Waals surface area contributed by atoms with Gasteiger partial charge in [-0.3, -0.25) is 18.9 Å². The molecule has 1 aliphatic heterocycles. The van der Waals surface area contributed by atoms with Crippen LogP contribution in [0.5, 0.6) is 5.88 Å². The standard InChI is InChI=1S/C35H41N7O4S/c1-6-28-21-41(47(44,45)31-11-9-17-37-35(31)46-28)20-26-18-25(13-12-22(26)3)32(24(5)34(43)38-27-10-8-16-36-19-27)29-14-15-30-33(23(29)4)39-40-42(30)7-2/h8-19,24,28,32,44-45H,6-7,20-21H2,1-5H3,(H,38,43)/t24-,28?,32+/m1/s1. The molecule has 4 heterocycles. The van der Waals surface area contributed by atoms with Gasteiger partial charge >= 0.3 is 0 Å². The van der Waals surface area contributed by atoms with Crippen molar-refractivity contribution < 1.29 is 18.6 Å². The summed E-state index contributed by atoms with van der Waals surface area (Å²) in [5.41, 5.74) is 7.16. The number of nitrogens with one attached hydrogen (secondary N) is 1. The van der Waals surface area contributed by atoms with Crippen molar-refractivity contribution >= 4 is 33.4 Å². The number of amides is 1. The number of benzene rings is 2. The molecule has 1 unspecified atom stereocenters. The molecule has 11 nitrogen and oxygen atoms in total. The first kappa shape index (κ1) is 32.6. The Morgan fingerprint density at radius 3 is 2.66 bits per heavy atom. The zero-order chi connectivity index (χ0) is 33.3. The van der Waals surface area contributed by atoms with Crippen LogP contribution in [0.1, 0.15) is 60.9 Å². The monoisotopic (exact) mass is 655 g/mol. The van der Waals surface area contributed by atoms with E-state index in [2.05, 4.69) is 43.8 Å². The Balaban J connectivity index is 1.42. The summed E-state index contributed by atoms with van der Waals surface area (Å²) in [4.78, 5) is 22.6. The van der Waals surface area contributed by atoms with Crippen LogP contribution >= 0.6 is 10.8 Å². The summed E-state index contributed by atoms with van der Waals surface area (Å²) in [5.74, 6) is -0.719. The van der Waals surface area contributed by atoms with Gasteiger partial charge < -0.3 is 10.1 Å². The minimum absolute atomic E-state index is 0.143. The molecule has 0 bridgehead atoms. The predicted molar refractivity (Wildman–Crippen MR) is 183 cm³/mol. The third-order valence-electron chi connectivity index (χ3n) is 9.07. The number of nitrogens with zero attached hydrogens (tertiary/aromatic N) is 6. The molecule has 0 saturated heterocycles. The van der Waals surface area contributed by atoms with Crippen molar-refractivity contribution in [1.29, 1.82) is 0 Å². The van der Waals surface area contributed by atoms with Crippen LogP contribution in [0.3, 0.4) is 0 Å². The fraction of sp³-hybridized carbons (Fsp3) is 0.343. The lowest BCUT2D eigenvalue weighted by Crippen LogP contribution is -2.34. The fourth-order valence-electron chi connectivity index (χ4n) is 6.29. The Morgan fingerprint density at radius 1 is 1.11 bits per heavy atom. The van der Waals surface area contributed by atoms with Gasteiger partial charge in [0.05, 0.1) is 23.9 Å². The minimum atomic E-state index is -3.40. The van der Waals surface area contributed by atoms with Crippen molar-refractivity contribution in [3.05, 3.63) is 101 Å². The number of rotatable bonds is 9. The quantitative estimate of drug-likeness (QED) is 0.154. The number of carbonyl (C=O) groups excluding carboxylic acids is 1. The summed E-state index contributed by atoms with van der Waals surface area (Å²) in [5, 5.41) is 11.9. The molecule has 0 fully saturated rings. The number of hydrogen-bond donors (Lipinski definition) is 3. The van der Waals surface area contributed by atoms with Crippen LogP contribution in [-0.4, -0.2) is 56.9 Å². The van der Waals surface area contributed by atoms with E-state index >= 15 is 0 Å². The number of hydrogen-bond acceptors (Lipinski definition) is 9. The first-order valence-corrected chi connectivity index (χ1v) is 17.4. The van der Waals surface area contributed by atoms with E-state index in [1.54, 1.807) is 41.1 Å². The first-order valence-electron chi connectivity index (χ1n) is 15.9. The Kier molecular flexibility index (Phi) is 9.29. The molecule has 0 aliphatic carbocycles. The topological polar surface area (TPSA) is 139 Å². The lowest BCUT2D eigenvalue weighted by atomic mass is 9.78. The van der Waals surface area contributed by atoms with Crippen molar-refractivity contribution in [2.24, 2.45) is 5.92 Å². The second kappa shape index (κ2) is 13.4. The number of anilines is 1. The third kappa shape index (κ3) is 6.33. The van der Waals surface area contributed by atoms with Gasteiger partial charge in [-0.25, -0.2) is 9.67 Å². The average molecular weight is 656 g/mol. The van der Waals surface area contributed by atoms with Gasteiger partial charge in [0.15, 0.2) is 0 Å². The number of pyridine rings is 2.